The quantitative estimate of drug-likeness (QED) is 0.848. The van der Waals surface area contributed by atoms with E-state index in [1.165, 1.54) is 11.3 Å². The molecule has 0 bridgehead atoms. The minimum Gasteiger partial charge on any atom is -0.496 e. The summed E-state index contributed by atoms with van der Waals surface area (Å²) in [5.41, 5.74) is 1.07. The molecule has 0 aliphatic heterocycles. The largest absolute Gasteiger partial charge is 0.496 e. The van der Waals surface area contributed by atoms with Crippen molar-refractivity contribution in [1.29, 1.82) is 0 Å². The van der Waals surface area contributed by atoms with Crippen LogP contribution in [0.5, 0.6) is 5.75 Å². The molecular weight excluding hydrogens is 310 g/mol. The predicted molar refractivity (Wildman–Crippen MR) is 90.8 cm³/mol. The number of amides is 1. The monoisotopic (exact) mass is 331 g/mol. The van der Waals surface area contributed by atoms with Crippen molar-refractivity contribution in [1.82, 2.24) is 4.90 Å². The van der Waals surface area contributed by atoms with E-state index in [4.69, 9.17) is 4.74 Å². The van der Waals surface area contributed by atoms with Crippen LogP contribution in [0.4, 0.5) is 0 Å². The Morgan fingerprint density at radius 3 is 2.70 bits per heavy atom. The first-order valence-corrected chi connectivity index (χ1v) is 8.69. The molecule has 1 saturated carbocycles. The highest BCUT2D eigenvalue weighted by Crippen LogP contribution is 2.37. The number of ether oxygens (including phenoxy) is 1. The molecule has 23 heavy (non-hydrogen) atoms. The summed E-state index contributed by atoms with van der Waals surface area (Å²) in [7, 11) is 1.60. The molecule has 1 heterocycles. The van der Waals surface area contributed by atoms with E-state index in [1.807, 2.05) is 40.6 Å². The molecule has 1 unspecified atom stereocenters. The number of carbonyl (C=O) groups is 1. The summed E-state index contributed by atoms with van der Waals surface area (Å²) in [5.74, 6) is 1.08. The molecule has 1 aliphatic rings. The van der Waals surface area contributed by atoms with Crippen LogP contribution in [0.15, 0.2) is 41.8 Å². The molecular formula is C18H21NO3S. The standard InChI is InChI=1S/C18H21NO3S/c1-22-15-9-17(23-12-15)18(21)19(16(11-20)14-7-8-14)10-13-5-3-2-4-6-13/h2-6,9,12,14,16,20H,7-8,10-11H2,1H3. The lowest BCUT2D eigenvalue weighted by Gasteiger charge is -2.30. The molecule has 3 rings (SSSR count). The van der Waals surface area contributed by atoms with Crippen molar-refractivity contribution in [2.45, 2.75) is 25.4 Å². The van der Waals surface area contributed by atoms with Gasteiger partial charge in [-0.15, -0.1) is 11.3 Å². The average molecular weight is 331 g/mol. The first kappa shape index (κ1) is 16.0. The number of hydrogen-bond donors (Lipinski definition) is 1. The number of carbonyl (C=O) groups excluding carboxylic acids is 1. The maximum absolute atomic E-state index is 13.0. The van der Waals surface area contributed by atoms with Gasteiger partial charge in [0.2, 0.25) is 0 Å². The number of methoxy groups -OCH3 is 1. The van der Waals surface area contributed by atoms with Crippen molar-refractivity contribution in [2.24, 2.45) is 5.92 Å². The second-order valence-electron chi connectivity index (χ2n) is 5.86. The van der Waals surface area contributed by atoms with Crippen LogP contribution in [0.1, 0.15) is 28.1 Å². The Kier molecular flexibility index (Phi) is 4.98. The van der Waals surface area contributed by atoms with Crippen molar-refractivity contribution in [3.05, 3.63) is 52.2 Å². The van der Waals surface area contributed by atoms with Gasteiger partial charge in [0.05, 0.1) is 24.6 Å². The molecule has 2 aromatic rings. The molecule has 1 fully saturated rings. The molecule has 1 aliphatic carbocycles. The lowest BCUT2D eigenvalue weighted by atomic mass is 10.1. The van der Waals surface area contributed by atoms with Crippen LogP contribution in [-0.2, 0) is 6.54 Å². The van der Waals surface area contributed by atoms with E-state index in [0.29, 0.717) is 23.1 Å². The van der Waals surface area contributed by atoms with Crippen molar-refractivity contribution in [3.8, 4) is 5.75 Å². The van der Waals surface area contributed by atoms with Gasteiger partial charge in [-0.3, -0.25) is 4.79 Å². The SMILES string of the molecule is COc1csc(C(=O)N(Cc2ccccc2)C(CO)C2CC2)c1. The van der Waals surface area contributed by atoms with E-state index < -0.39 is 0 Å². The van der Waals surface area contributed by atoms with Crippen LogP contribution in [0.25, 0.3) is 0 Å². The zero-order valence-electron chi connectivity index (χ0n) is 13.1. The van der Waals surface area contributed by atoms with Crippen molar-refractivity contribution in [3.63, 3.8) is 0 Å². The fourth-order valence-corrected chi connectivity index (χ4v) is 3.59. The van der Waals surface area contributed by atoms with Gasteiger partial charge in [-0.2, -0.15) is 0 Å². The van der Waals surface area contributed by atoms with E-state index in [9.17, 15) is 9.90 Å². The fraction of sp³-hybridized carbons (Fsp3) is 0.389. The van der Waals surface area contributed by atoms with E-state index in [1.54, 1.807) is 13.2 Å². The van der Waals surface area contributed by atoms with Gasteiger partial charge in [0.15, 0.2) is 0 Å². The molecule has 1 N–H and O–H groups in total. The summed E-state index contributed by atoms with van der Waals surface area (Å²) >= 11 is 1.38. The molecule has 1 atom stereocenters. The van der Waals surface area contributed by atoms with Gasteiger partial charge in [0.25, 0.3) is 5.91 Å². The molecule has 4 nitrogen and oxygen atoms in total. The first-order valence-electron chi connectivity index (χ1n) is 7.81. The van der Waals surface area contributed by atoms with E-state index in [-0.39, 0.29) is 18.6 Å². The lowest BCUT2D eigenvalue weighted by molar-refractivity contribution is 0.0536. The molecule has 1 aromatic carbocycles. The highest BCUT2D eigenvalue weighted by atomic mass is 32.1. The van der Waals surface area contributed by atoms with Gasteiger partial charge in [-0.1, -0.05) is 30.3 Å². The third-order valence-electron chi connectivity index (χ3n) is 4.23. The second kappa shape index (κ2) is 7.15. The van der Waals surface area contributed by atoms with E-state index in [2.05, 4.69) is 0 Å². The second-order valence-corrected chi connectivity index (χ2v) is 6.77. The normalized spacial score (nSPS) is 15.2. The summed E-state index contributed by atoms with van der Waals surface area (Å²) in [5, 5.41) is 11.6. The summed E-state index contributed by atoms with van der Waals surface area (Å²) in [6.07, 6.45) is 2.16. The number of hydrogen-bond acceptors (Lipinski definition) is 4. The molecule has 122 valence electrons. The maximum Gasteiger partial charge on any atom is 0.264 e. The maximum atomic E-state index is 13.0. The molecule has 0 spiro atoms. The van der Waals surface area contributed by atoms with Gasteiger partial charge < -0.3 is 14.7 Å². The van der Waals surface area contributed by atoms with E-state index in [0.717, 1.165) is 18.4 Å². The van der Waals surface area contributed by atoms with Crippen LogP contribution in [-0.4, -0.2) is 35.7 Å². The lowest BCUT2D eigenvalue weighted by Crippen LogP contribution is -2.43. The zero-order chi connectivity index (χ0) is 16.2. The summed E-state index contributed by atoms with van der Waals surface area (Å²) < 4.78 is 5.18. The Hall–Kier alpha value is -1.85. The number of benzene rings is 1. The Morgan fingerprint density at radius 2 is 2.13 bits per heavy atom. The van der Waals surface area contributed by atoms with Gasteiger partial charge in [-0.25, -0.2) is 0 Å². The van der Waals surface area contributed by atoms with Gasteiger partial charge in [-0.05, 0) is 24.3 Å². The highest BCUT2D eigenvalue weighted by Gasteiger charge is 2.37. The Bertz CT molecular complexity index is 651. The Morgan fingerprint density at radius 1 is 1.39 bits per heavy atom. The third-order valence-corrected chi connectivity index (χ3v) is 5.13. The van der Waals surface area contributed by atoms with Crippen molar-refractivity contribution >= 4 is 17.2 Å². The fourth-order valence-electron chi connectivity index (χ4n) is 2.78. The van der Waals surface area contributed by atoms with E-state index >= 15 is 0 Å². The number of aliphatic hydroxyl groups is 1. The van der Waals surface area contributed by atoms with Gasteiger partial charge in [0, 0.05) is 18.0 Å². The highest BCUT2D eigenvalue weighted by molar-refractivity contribution is 7.12. The minimum absolute atomic E-state index is 0.00570. The van der Waals surface area contributed by atoms with Crippen LogP contribution in [0.3, 0.4) is 0 Å². The number of aliphatic hydroxyl groups excluding tert-OH is 1. The average Bonchev–Trinajstić information content (AvgIpc) is 3.30. The summed E-state index contributed by atoms with van der Waals surface area (Å²) in [6.45, 7) is 0.521. The van der Waals surface area contributed by atoms with Crippen molar-refractivity contribution in [2.75, 3.05) is 13.7 Å². The van der Waals surface area contributed by atoms with Crippen LogP contribution in [0.2, 0.25) is 0 Å². The van der Waals surface area contributed by atoms with Gasteiger partial charge in [0.1, 0.15) is 5.75 Å². The number of thiophene rings is 1. The topological polar surface area (TPSA) is 49.8 Å². The molecule has 0 radical (unpaired) electrons. The summed E-state index contributed by atoms with van der Waals surface area (Å²) in [4.78, 5) is 15.4. The van der Waals surface area contributed by atoms with Crippen LogP contribution >= 0.6 is 11.3 Å². The smallest absolute Gasteiger partial charge is 0.264 e. The molecule has 1 aromatic heterocycles. The Balaban J connectivity index is 1.85. The first-order chi connectivity index (χ1) is 11.2. The number of rotatable bonds is 7. The van der Waals surface area contributed by atoms with Crippen molar-refractivity contribution < 1.29 is 14.6 Å². The minimum atomic E-state index is -0.115. The molecule has 0 saturated heterocycles. The van der Waals surface area contributed by atoms with Gasteiger partial charge >= 0.3 is 0 Å². The number of nitrogens with zero attached hydrogens (tertiary/aromatic N) is 1. The van der Waals surface area contributed by atoms with Crippen LogP contribution in [0, 0.1) is 5.92 Å². The zero-order valence-corrected chi connectivity index (χ0v) is 14.0. The molecule has 5 heteroatoms. The third kappa shape index (κ3) is 3.74. The van der Waals surface area contributed by atoms with Crippen LogP contribution < -0.4 is 4.74 Å². The summed E-state index contributed by atoms with van der Waals surface area (Å²) in [6, 6.07) is 11.6. The molecule has 1 amide bonds. The Labute approximate surface area is 140 Å². The predicted octanol–water partition coefficient (Wildman–Crippen LogP) is 3.17.